The molecule has 1 fully saturated rings. The second kappa shape index (κ2) is 2.76. The zero-order valence-corrected chi connectivity index (χ0v) is 7.75. The molecule has 0 aromatic heterocycles. The van der Waals surface area contributed by atoms with Gasteiger partial charge in [0.1, 0.15) is 5.76 Å². The summed E-state index contributed by atoms with van der Waals surface area (Å²) in [6.45, 7) is 0.927. The van der Waals surface area contributed by atoms with Gasteiger partial charge in [0.05, 0.1) is 6.61 Å². The highest BCUT2D eigenvalue weighted by Crippen LogP contribution is 2.41. The van der Waals surface area contributed by atoms with Crippen LogP contribution in [0.3, 0.4) is 0 Å². The Balaban J connectivity index is 2.05. The van der Waals surface area contributed by atoms with E-state index in [0.717, 1.165) is 12.5 Å². The molecule has 1 heterocycles. The topological polar surface area (TPSA) is 9.23 Å². The van der Waals surface area contributed by atoms with Crippen molar-refractivity contribution in [3.8, 4) is 0 Å². The third-order valence-corrected chi connectivity index (χ3v) is 3.26. The van der Waals surface area contributed by atoms with Gasteiger partial charge in [-0.25, -0.2) is 0 Å². The Morgan fingerprint density at radius 3 is 3.31 bits per heavy atom. The predicted octanol–water partition coefficient (Wildman–Crippen LogP) is 2.96. The van der Waals surface area contributed by atoms with Crippen LogP contribution in [0.4, 0.5) is 0 Å². The number of ether oxygens (including phenoxy) is 1. The molecule has 68 valence electrons. The fraction of sp³-hybridized carbons (Fsp3) is 0.500. The van der Waals surface area contributed by atoms with Crippen LogP contribution in [0.5, 0.6) is 0 Å². The van der Waals surface area contributed by atoms with Gasteiger partial charge in [-0.05, 0) is 31.3 Å². The molecular formula is C12H14O. The van der Waals surface area contributed by atoms with Gasteiger partial charge in [0.25, 0.3) is 0 Å². The molecule has 1 atom stereocenters. The van der Waals surface area contributed by atoms with Gasteiger partial charge in [-0.1, -0.05) is 18.2 Å². The maximum atomic E-state index is 5.78. The lowest BCUT2D eigenvalue weighted by Crippen LogP contribution is -2.20. The van der Waals surface area contributed by atoms with E-state index in [1.165, 1.54) is 42.6 Å². The van der Waals surface area contributed by atoms with E-state index in [4.69, 9.17) is 4.74 Å². The van der Waals surface area contributed by atoms with Crippen molar-refractivity contribution in [2.75, 3.05) is 6.61 Å². The molecule has 13 heavy (non-hydrogen) atoms. The van der Waals surface area contributed by atoms with Gasteiger partial charge in [-0.3, -0.25) is 0 Å². The highest BCUT2D eigenvalue weighted by Gasteiger charge is 2.29. The molecule has 0 bridgehead atoms. The van der Waals surface area contributed by atoms with E-state index in [1.54, 1.807) is 0 Å². The highest BCUT2D eigenvalue weighted by atomic mass is 16.5. The van der Waals surface area contributed by atoms with Gasteiger partial charge in [-0.15, -0.1) is 0 Å². The molecule has 1 heteroatoms. The van der Waals surface area contributed by atoms with Gasteiger partial charge in [-0.2, -0.15) is 0 Å². The van der Waals surface area contributed by atoms with Crippen molar-refractivity contribution < 1.29 is 4.74 Å². The normalized spacial score (nSPS) is 30.8. The number of hydrogen-bond acceptors (Lipinski definition) is 1. The summed E-state index contributed by atoms with van der Waals surface area (Å²) in [5, 5.41) is 0. The molecule has 0 saturated carbocycles. The molecule has 3 aliphatic rings. The lowest BCUT2D eigenvalue weighted by molar-refractivity contribution is 0.118. The van der Waals surface area contributed by atoms with Crippen LogP contribution in [-0.4, -0.2) is 6.61 Å². The van der Waals surface area contributed by atoms with Gasteiger partial charge in [0.15, 0.2) is 0 Å². The van der Waals surface area contributed by atoms with E-state index in [-0.39, 0.29) is 0 Å². The van der Waals surface area contributed by atoms with E-state index in [2.05, 4.69) is 18.2 Å². The summed E-state index contributed by atoms with van der Waals surface area (Å²) in [6, 6.07) is 0. The third kappa shape index (κ3) is 1.06. The fourth-order valence-corrected chi connectivity index (χ4v) is 2.58. The molecule has 1 nitrogen and oxygen atoms in total. The van der Waals surface area contributed by atoms with E-state index in [9.17, 15) is 0 Å². The lowest BCUT2D eigenvalue weighted by atomic mass is 9.82. The number of rotatable bonds is 0. The van der Waals surface area contributed by atoms with Crippen LogP contribution in [-0.2, 0) is 4.74 Å². The van der Waals surface area contributed by atoms with Gasteiger partial charge in [0, 0.05) is 11.5 Å². The van der Waals surface area contributed by atoms with Crippen molar-refractivity contribution in [3.05, 3.63) is 35.1 Å². The second-order valence-electron chi connectivity index (χ2n) is 4.06. The van der Waals surface area contributed by atoms with E-state index in [1.807, 2.05) is 0 Å². The maximum absolute atomic E-state index is 5.78. The van der Waals surface area contributed by atoms with Gasteiger partial charge >= 0.3 is 0 Å². The molecule has 1 aliphatic heterocycles. The number of allylic oxidation sites excluding steroid dienone is 6. The Kier molecular flexibility index (Phi) is 1.58. The summed E-state index contributed by atoms with van der Waals surface area (Å²) in [5.74, 6) is 2.01. The van der Waals surface area contributed by atoms with Crippen molar-refractivity contribution >= 4 is 0 Å². The summed E-state index contributed by atoms with van der Waals surface area (Å²) >= 11 is 0. The van der Waals surface area contributed by atoms with Crippen LogP contribution in [0.2, 0.25) is 0 Å². The first-order chi connectivity index (χ1) is 6.45. The minimum atomic E-state index is 0.726. The number of hydrogen-bond donors (Lipinski definition) is 0. The van der Waals surface area contributed by atoms with Crippen LogP contribution < -0.4 is 0 Å². The Morgan fingerprint density at radius 1 is 1.31 bits per heavy atom. The summed E-state index contributed by atoms with van der Waals surface area (Å²) < 4.78 is 5.78. The molecule has 0 spiro atoms. The van der Waals surface area contributed by atoms with Crippen molar-refractivity contribution in [3.63, 3.8) is 0 Å². The van der Waals surface area contributed by atoms with Gasteiger partial charge in [0.2, 0.25) is 0 Å². The smallest absolute Gasteiger partial charge is 0.106 e. The van der Waals surface area contributed by atoms with Crippen LogP contribution >= 0.6 is 0 Å². The average molecular weight is 174 g/mol. The maximum Gasteiger partial charge on any atom is 0.106 e. The minimum absolute atomic E-state index is 0.726. The Morgan fingerprint density at radius 2 is 2.31 bits per heavy atom. The predicted molar refractivity (Wildman–Crippen MR) is 52.2 cm³/mol. The van der Waals surface area contributed by atoms with Crippen LogP contribution in [0.25, 0.3) is 0 Å². The Hall–Kier alpha value is -0.980. The molecule has 0 N–H and O–H groups in total. The summed E-state index contributed by atoms with van der Waals surface area (Å²) in [7, 11) is 0. The van der Waals surface area contributed by atoms with Crippen LogP contribution in [0.1, 0.15) is 25.7 Å². The standard InChI is InChI=1S/C12H14O/c1-3-9-6-7-10-4-2-8-13-12(10)11(9)5-1/h1,3,5,10H,2,4,6-8H2. The SMILES string of the molecule is C1=CC2=C3OCCCC3CCC2=C1. The van der Waals surface area contributed by atoms with Gasteiger partial charge < -0.3 is 4.74 Å². The first-order valence-corrected chi connectivity index (χ1v) is 5.20. The molecule has 0 aromatic rings. The van der Waals surface area contributed by atoms with Crippen molar-refractivity contribution in [2.24, 2.45) is 5.92 Å². The quantitative estimate of drug-likeness (QED) is 0.548. The fourth-order valence-electron chi connectivity index (χ4n) is 2.58. The minimum Gasteiger partial charge on any atom is -0.497 e. The zero-order chi connectivity index (χ0) is 8.67. The molecule has 1 saturated heterocycles. The van der Waals surface area contributed by atoms with E-state index < -0.39 is 0 Å². The molecule has 2 aliphatic carbocycles. The van der Waals surface area contributed by atoms with Crippen molar-refractivity contribution in [2.45, 2.75) is 25.7 Å². The molecule has 0 aromatic carbocycles. The first kappa shape index (κ1) is 7.43. The molecule has 1 unspecified atom stereocenters. The Bertz CT molecular complexity index is 320. The average Bonchev–Trinajstić information content (AvgIpc) is 2.65. The Labute approximate surface area is 78.8 Å². The van der Waals surface area contributed by atoms with Crippen LogP contribution in [0, 0.1) is 5.92 Å². The van der Waals surface area contributed by atoms with E-state index in [0.29, 0.717) is 0 Å². The van der Waals surface area contributed by atoms with Crippen molar-refractivity contribution in [1.29, 1.82) is 0 Å². The monoisotopic (exact) mass is 174 g/mol. The van der Waals surface area contributed by atoms with Crippen molar-refractivity contribution in [1.82, 2.24) is 0 Å². The lowest BCUT2D eigenvalue weighted by Gasteiger charge is -2.31. The summed E-state index contributed by atoms with van der Waals surface area (Å²) in [5.41, 5.74) is 2.89. The highest BCUT2D eigenvalue weighted by molar-refractivity contribution is 5.51. The molecule has 0 amide bonds. The number of fused-ring (bicyclic) bond motifs is 2. The first-order valence-electron chi connectivity index (χ1n) is 5.20. The summed E-state index contributed by atoms with van der Waals surface area (Å²) in [6.07, 6.45) is 11.7. The largest absolute Gasteiger partial charge is 0.497 e. The molecule has 0 radical (unpaired) electrons. The van der Waals surface area contributed by atoms with Crippen LogP contribution in [0.15, 0.2) is 35.1 Å². The zero-order valence-electron chi connectivity index (χ0n) is 7.75. The molecule has 3 rings (SSSR count). The third-order valence-electron chi connectivity index (χ3n) is 3.26. The molecular weight excluding hydrogens is 160 g/mol. The summed E-state index contributed by atoms with van der Waals surface area (Å²) in [4.78, 5) is 0. The second-order valence-corrected chi connectivity index (χ2v) is 4.06. The van der Waals surface area contributed by atoms with E-state index >= 15 is 0 Å².